The van der Waals surface area contributed by atoms with Crippen molar-refractivity contribution in [2.75, 3.05) is 6.54 Å². The van der Waals surface area contributed by atoms with Gasteiger partial charge in [-0.1, -0.05) is 76.9 Å². The third kappa shape index (κ3) is 12.7. The topological polar surface area (TPSA) is 46.9 Å². The van der Waals surface area contributed by atoms with Crippen molar-refractivity contribution in [1.29, 1.82) is 0 Å². The van der Waals surface area contributed by atoms with Gasteiger partial charge in [0.25, 0.3) is 0 Å². The molecule has 1 N–H and O–H groups in total. The highest BCUT2D eigenvalue weighted by Crippen LogP contribution is 2.09. The van der Waals surface area contributed by atoms with Crippen molar-refractivity contribution < 1.29 is 4.79 Å². The lowest BCUT2D eigenvalue weighted by Gasteiger charge is -2.05. The molecule has 0 saturated heterocycles. The summed E-state index contributed by atoms with van der Waals surface area (Å²) in [4.78, 5) is 15.5. The van der Waals surface area contributed by atoms with Crippen LogP contribution in [0.15, 0.2) is 30.9 Å². The van der Waals surface area contributed by atoms with Crippen LogP contribution in [0.2, 0.25) is 0 Å². The van der Waals surface area contributed by atoms with Crippen LogP contribution in [0.5, 0.6) is 0 Å². The fourth-order valence-corrected chi connectivity index (χ4v) is 3.04. The molecule has 0 unspecified atom stereocenters. The van der Waals surface area contributed by atoms with E-state index in [1.54, 1.807) is 12.4 Å². The second kappa shape index (κ2) is 16.9. The van der Waals surface area contributed by atoms with Gasteiger partial charge in [0.05, 0.1) is 0 Å². The minimum absolute atomic E-state index is 0.0877. The lowest BCUT2D eigenvalue weighted by molar-refractivity contribution is 0.242. The van der Waals surface area contributed by atoms with Gasteiger partial charge in [0.2, 0.25) is 0 Å². The molecule has 148 valence electrons. The molecule has 0 spiro atoms. The summed E-state index contributed by atoms with van der Waals surface area (Å²) in [7, 11) is 0. The Labute approximate surface area is 160 Å². The highest BCUT2D eigenvalue weighted by Gasteiger charge is 2.01. The van der Waals surface area contributed by atoms with Crippen molar-refractivity contribution in [3.63, 3.8) is 0 Å². The monoisotopic (exact) mass is 361 g/mol. The number of amides is 1. The predicted octanol–water partition coefficient (Wildman–Crippen LogP) is 6.48. The highest BCUT2D eigenvalue weighted by molar-refractivity contribution is 5.76. The second-order valence-electron chi connectivity index (χ2n) is 7.14. The van der Waals surface area contributed by atoms with Crippen LogP contribution in [0.1, 0.15) is 96.8 Å². The van der Waals surface area contributed by atoms with E-state index in [4.69, 9.17) is 0 Å². The van der Waals surface area contributed by atoms with Crippen LogP contribution in [0.4, 0.5) is 4.79 Å². The number of nitrogens with zero attached hydrogens (tertiary/aromatic N) is 2. The van der Waals surface area contributed by atoms with Crippen LogP contribution >= 0.6 is 0 Å². The van der Waals surface area contributed by atoms with E-state index in [0.29, 0.717) is 0 Å². The third-order valence-electron chi connectivity index (χ3n) is 4.70. The minimum atomic E-state index is -0.0877. The first-order chi connectivity index (χ1) is 12.8. The Hall–Kier alpha value is -1.58. The van der Waals surface area contributed by atoms with Crippen LogP contribution in [-0.2, 0) is 0 Å². The number of unbranched alkanes of at least 4 members (excludes halogenated alkanes) is 12. The summed E-state index contributed by atoms with van der Waals surface area (Å²) in [6.45, 7) is 3.02. The number of carbonyl (C=O) groups is 1. The molecule has 0 aliphatic heterocycles. The van der Waals surface area contributed by atoms with Gasteiger partial charge in [-0.2, -0.15) is 0 Å². The number of aromatic nitrogens is 2. The lowest BCUT2D eigenvalue weighted by Crippen LogP contribution is -2.28. The number of imidazole rings is 1. The van der Waals surface area contributed by atoms with Gasteiger partial charge in [-0.25, -0.2) is 9.78 Å². The fourth-order valence-electron chi connectivity index (χ4n) is 3.04. The van der Waals surface area contributed by atoms with Gasteiger partial charge in [-0.15, -0.1) is 0 Å². The third-order valence-corrected chi connectivity index (χ3v) is 4.70. The van der Waals surface area contributed by atoms with Crippen LogP contribution < -0.4 is 5.32 Å². The van der Waals surface area contributed by atoms with E-state index >= 15 is 0 Å². The first-order valence-corrected chi connectivity index (χ1v) is 10.8. The Kier molecular flexibility index (Phi) is 14.6. The van der Waals surface area contributed by atoms with E-state index in [1.165, 1.54) is 94.4 Å². The van der Waals surface area contributed by atoms with E-state index in [0.717, 1.165) is 13.0 Å². The molecule has 4 nitrogen and oxygen atoms in total. The molecular weight excluding hydrogens is 322 g/mol. The maximum absolute atomic E-state index is 11.7. The molecule has 4 heteroatoms. The normalized spacial score (nSPS) is 11.3. The fraction of sp³-hybridized carbons (Fsp3) is 0.727. The van der Waals surface area contributed by atoms with Crippen molar-refractivity contribution in [2.24, 2.45) is 0 Å². The number of hydrogen-bond acceptors (Lipinski definition) is 2. The molecule has 0 radical (unpaired) electrons. The smallest absolute Gasteiger partial charge is 0.326 e. The van der Waals surface area contributed by atoms with Crippen molar-refractivity contribution in [2.45, 2.75) is 96.8 Å². The molecule has 1 heterocycles. The van der Waals surface area contributed by atoms with Gasteiger partial charge in [-0.05, 0) is 32.1 Å². The van der Waals surface area contributed by atoms with E-state index in [9.17, 15) is 4.79 Å². The summed E-state index contributed by atoms with van der Waals surface area (Å²) in [6.07, 6.45) is 27.8. The molecule has 0 atom stereocenters. The van der Waals surface area contributed by atoms with Gasteiger partial charge in [0, 0.05) is 18.9 Å². The molecule has 1 aromatic rings. The number of nitrogens with one attached hydrogen (secondary N) is 1. The highest BCUT2D eigenvalue weighted by atomic mass is 16.2. The average Bonchev–Trinajstić information content (AvgIpc) is 3.19. The van der Waals surface area contributed by atoms with Crippen molar-refractivity contribution in [3.8, 4) is 0 Å². The largest absolute Gasteiger partial charge is 0.337 e. The summed E-state index contributed by atoms with van der Waals surface area (Å²) in [5.41, 5.74) is 0. The second-order valence-corrected chi connectivity index (χ2v) is 7.14. The molecule has 26 heavy (non-hydrogen) atoms. The van der Waals surface area contributed by atoms with Crippen LogP contribution in [0.3, 0.4) is 0 Å². The Morgan fingerprint density at radius 3 is 2.04 bits per heavy atom. The number of carbonyl (C=O) groups excluding carboxylic acids is 1. The average molecular weight is 362 g/mol. The van der Waals surface area contributed by atoms with E-state index in [1.807, 2.05) is 0 Å². The quantitative estimate of drug-likeness (QED) is 0.270. The van der Waals surface area contributed by atoms with Gasteiger partial charge >= 0.3 is 6.03 Å². The SMILES string of the molecule is CCCCCCCCC=CCCCCCCCCNC(=O)n1ccnc1. The first-order valence-electron chi connectivity index (χ1n) is 10.8. The van der Waals surface area contributed by atoms with Gasteiger partial charge < -0.3 is 5.32 Å². The summed E-state index contributed by atoms with van der Waals surface area (Å²) in [5.74, 6) is 0. The molecule has 0 bridgehead atoms. The summed E-state index contributed by atoms with van der Waals surface area (Å²) in [5, 5.41) is 2.91. The van der Waals surface area contributed by atoms with Crippen LogP contribution in [-0.4, -0.2) is 22.1 Å². The van der Waals surface area contributed by atoms with Crippen molar-refractivity contribution >= 4 is 6.03 Å². The van der Waals surface area contributed by atoms with Gasteiger partial charge in [-0.3, -0.25) is 4.57 Å². The number of allylic oxidation sites excluding steroid dienone is 2. The molecule has 0 aliphatic rings. The Bertz CT molecular complexity index is 454. The molecule has 1 rings (SSSR count). The summed E-state index contributed by atoms with van der Waals surface area (Å²) < 4.78 is 1.47. The Balaban J connectivity index is 1.76. The molecule has 0 saturated carbocycles. The molecule has 0 fully saturated rings. The van der Waals surface area contributed by atoms with Crippen LogP contribution in [0, 0.1) is 0 Å². The molecule has 0 aromatic carbocycles. The molecule has 1 aromatic heterocycles. The van der Waals surface area contributed by atoms with Crippen LogP contribution in [0.25, 0.3) is 0 Å². The van der Waals surface area contributed by atoms with E-state index in [-0.39, 0.29) is 6.03 Å². The molecule has 1 amide bonds. The summed E-state index contributed by atoms with van der Waals surface area (Å²) >= 11 is 0. The zero-order chi connectivity index (χ0) is 18.7. The summed E-state index contributed by atoms with van der Waals surface area (Å²) in [6, 6.07) is -0.0877. The zero-order valence-corrected chi connectivity index (χ0v) is 16.8. The zero-order valence-electron chi connectivity index (χ0n) is 16.8. The standard InChI is InChI=1S/C22H39N3O/c1-2-3-4-5-6-7-8-9-10-11-12-13-14-15-16-17-18-24-22(26)25-20-19-23-21-25/h9-10,19-21H,2-8,11-18H2,1H3,(H,24,26). The molecular formula is C22H39N3O. The number of rotatable bonds is 16. The maximum atomic E-state index is 11.7. The Morgan fingerprint density at radius 2 is 1.46 bits per heavy atom. The van der Waals surface area contributed by atoms with E-state index in [2.05, 4.69) is 29.4 Å². The van der Waals surface area contributed by atoms with Gasteiger partial charge in [0.15, 0.2) is 0 Å². The van der Waals surface area contributed by atoms with Crippen molar-refractivity contribution in [1.82, 2.24) is 14.9 Å². The van der Waals surface area contributed by atoms with Gasteiger partial charge in [0.1, 0.15) is 6.33 Å². The minimum Gasteiger partial charge on any atom is -0.337 e. The van der Waals surface area contributed by atoms with E-state index < -0.39 is 0 Å². The first kappa shape index (κ1) is 22.5. The Morgan fingerprint density at radius 1 is 0.885 bits per heavy atom. The number of hydrogen-bond donors (Lipinski definition) is 1. The predicted molar refractivity (Wildman–Crippen MR) is 110 cm³/mol. The lowest BCUT2D eigenvalue weighted by atomic mass is 10.1. The maximum Gasteiger partial charge on any atom is 0.326 e. The van der Waals surface area contributed by atoms with Crippen molar-refractivity contribution in [3.05, 3.63) is 30.9 Å². The molecule has 0 aliphatic carbocycles.